The molecule has 0 spiro atoms. The number of nitrogens with zero attached hydrogens (tertiary/aromatic N) is 2. The zero-order valence-corrected chi connectivity index (χ0v) is 23.1. The topological polar surface area (TPSA) is 91.7 Å². The van der Waals surface area contributed by atoms with E-state index in [1.165, 1.54) is 26.4 Å². The monoisotopic (exact) mass is 559 g/mol. The average molecular weight is 560 g/mol. The molecule has 1 aliphatic rings. The lowest BCUT2D eigenvalue weighted by Gasteiger charge is -2.20. The summed E-state index contributed by atoms with van der Waals surface area (Å²) in [5, 5.41) is 7.44. The molecule has 0 bridgehead atoms. The fourth-order valence-electron chi connectivity index (χ4n) is 4.67. The highest BCUT2D eigenvalue weighted by Gasteiger charge is 2.35. The highest BCUT2D eigenvalue weighted by molar-refractivity contribution is 5.71. The Balaban J connectivity index is 1.80. The van der Waals surface area contributed by atoms with Gasteiger partial charge in [-0.2, -0.15) is 23.0 Å². The number of esters is 1. The maximum atomic E-state index is 14.2. The number of carbonyl (C=O) groups is 1. The summed E-state index contributed by atoms with van der Waals surface area (Å²) in [6.07, 6.45) is -3.05. The Kier molecular flexibility index (Phi) is 8.13. The van der Waals surface area contributed by atoms with Gasteiger partial charge < -0.3 is 19.5 Å². The van der Waals surface area contributed by atoms with Crippen LogP contribution in [0.5, 0.6) is 11.5 Å². The standard InChI is InChI=1S/C29H32F3N3O5/c1-28(2,3)40-25(36)11-12-33-18-9-10-23(29(30,31)32)24(15-18)35-27(37)22-8-6-7-21(22)26(34-35)17-13-19(38-4)16-20(14-17)39-5/h9-10,13-16,33H,6-8,11-12H2,1-5H3. The van der Waals surface area contributed by atoms with Gasteiger partial charge in [0, 0.05) is 29.4 Å². The molecule has 1 aliphatic carbocycles. The molecule has 214 valence electrons. The first kappa shape index (κ1) is 29.0. The molecule has 0 amide bonds. The second-order valence-corrected chi connectivity index (χ2v) is 10.5. The molecule has 8 nitrogen and oxygen atoms in total. The van der Waals surface area contributed by atoms with Crippen molar-refractivity contribution in [2.75, 3.05) is 26.1 Å². The van der Waals surface area contributed by atoms with Crippen LogP contribution in [0, 0.1) is 0 Å². The van der Waals surface area contributed by atoms with E-state index in [1.54, 1.807) is 39.0 Å². The molecule has 1 heterocycles. The van der Waals surface area contributed by atoms with Gasteiger partial charge in [-0.25, -0.2) is 0 Å². The van der Waals surface area contributed by atoms with Crippen LogP contribution >= 0.6 is 0 Å². The van der Waals surface area contributed by atoms with Crippen molar-refractivity contribution in [3.63, 3.8) is 0 Å². The van der Waals surface area contributed by atoms with Gasteiger partial charge in [-0.1, -0.05) is 0 Å². The number of carbonyl (C=O) groups excluding carboxylic acids is 1. The maximum Gasteiger partial charge on any atom is 0.418 e. The van der Waals surface area contributed by atoms with Crippen LogP contribution in [0.3, 0.4) is 0 Å². The van der Waals surface area contributed by atoms with Crippen LogP contribution in [0.15, 0.2) is 41.2 Å². The Labute approximate surface area is 230 Å². The van der Waals surface area contributed by atoms with Gasteiger partial charge in [-0.15, -0.1) is 0 Å². The second kappa shape index (κ2) is 11.2. The number of hydrogen-bond acceptors (Lipinski definition) is 7. The zero-order valence-electron chi connectivity index (χ0n) is 23.1. The highest BCUT2D eigenvalue weighted by Crippen LogP contribution is 2.37. The van der Waals surface area contributed by atoms with Crippen molar-refractivity contribution in [2.45, 2.75) is 58.2 Å². The van der Waals surface area contributed by atoms with Crippen molar-refractivity contribution in [3.05, 3.63) is 63.4 Å². The Bertz CT molecular complexity index is 1450. The number of halogens is 3. The summed E-state index contributed by atoms with van der Waals surface area (Å²) in [4.78, 5) is 25.6. The van der Waals surface area contributed by atoms with Crippen LogP contribution in [0.1, 0.15) is 50.3 Å². The molecular formula is C29H32F3N3O5. The zero-order chi connectivity index (χ0) is 29.2. The molecule has 3 aromatic rings. The molecule has 2 aromatic carbocycles. The van der Waals surface area contributed by atoms with Gasteiger partial charge in [0.15, 0.2) is 0 Å². The predicted molar refractivity (Wildman–Crippen MR) is 144 cm³/mol. The summed E-state index contributed by atoms with van der Waals surface area (Å²) in [5.74, 6) is 0.516. The quantitative estimate of drug-likeness (QED) is 0.361. The third-order valence-electron chi connectivity index (χ3n) is 6.39. The van der Waals surface area contributed by atoms with E-state index in [4.69, 9.17) is 14.2 Å². The predicted octanol–water partition coefficient (Wildman–Crippen LogP) is 5.57. The number of aromatic nitrogens is 2. The van der Waals surface area contributed by atoms with E-state index in [-0.39, 0.29) is 13.0 Å². The summed E-state index contributed by atoms with van der Waals surface area (Å²) < 4.78 is 59.3. The number of methoxy groups -OCH3 is 2. The van der Waals surface area contributed by atoms with E-state index in [9.17, 15) is 22.8 Å². The van der Waals surface area contributed by atoms with Gasteiger partial charge in [0.05, 0.1) is 37.6 Å². The molecule has 11 heteroatoms. The van der Waals surface area contributed by atoms with Crippen molar-refractivity contribution in [2.24, 2.45) is 0 Å². The van der Waals surface area contributed by atoms with Crippen molar-refractivity contribution in [3.8, 4) is 28.4 Å². The largest absolute Gasteiger partial charge is 0.497 e. The normalized spacial score (nSPS) is 13.1. The molecule has 0 aliphatic heterocycles. The first-order valence-corrected chi connectivity index (χ1v) is 12.9. The van der Waals surface area contributed by atoms with Crippen LogP contribution in [-0.2, 0) is 28.5 Å². The van der Waals surface area contributed by atoms with Crippen molar-refractivity contribution >= 4 is 11.7 Å². The Hall–Kier alpha value is -4.02. The minimum atomic E-state index is -4.75. The molecule has 4 rings (SSSR count). The Morgan fingerprint density at radius 3 is 2.25 bits per heavy atom. The van der Waals surface area contributed by atoms with E-state index < -0.39 is 34.6 Å². The van der Waals surface area contributed by atoms with Crippen LogP contribution in [0.2, 0.25) is 0 Å². The smallest absolute Gasteiger partial charge is 0.418 e. The number of nitrogens with one attached hydrogen (secondary N) is 1. The molecule has 0 radical (unpaired) electrons. The number of anilines is 1. The molecule has 0 saturated heterocycles. The Morgan fingerprint density at radius 2 is 1.65 bits per heavy atom. The number of rotatable bonds is 8. The molecule has 0 atom stereocenters. The molecular weight excluding hydrogens is 527 g/mol. The van der Waals surface area contributed by atoms with E-state index >= 15 is 0 Å². The lowest BCUT2D eigenvalue weighted by atomic mass is 10.0. The fourth-order valence-corrected chi connectivity index (χ4v) is 4.67. The van der Waals surface area contributed by atoms with Gasteiger partial charge in [0.25, 0.3) is 5.56 Å². The van der Waals surface area contributed by atoms with Gasteiger partial charge >= 0.3 is 12.1 Å². The van der Waals surface area contributed by atoms with E-state index in [1.807, 2.05) is 0 Å². The summed E-state index contributed by atoms with van der Waals surface area (Å²) in [7, 11) is 2.99. The van der Waals surface area contributed by atoms with Gasteiger partial charge in [0.2, 0.25) is 0 Å². The molecule has 40 heavy (non-hydrogen) atoms. The van der Waals surface area contributed by atoms with Crippen LogP contribution in [0.25, 0.3) is 16.9 Å². The SMILES string of the molecule is COc1cc(OC)cc(-c2nn(-c3cc(NCCC(=O)OC(C)(C)C)ccc3C(F)(F)F)c(=O)c3c2CCC3)c1. The van der Waals surface area contributed by atoms with Gasteiger partial charge in [0.1, 0.15) is 17.1 Å². The fraction of sp³-hybridized carbons (Fsp3) is 0.414. The number of hydrogen-bond donors (Lipinski definition) is 1. The highest BCUT2D eigenvalue weighted by atomic mass is 19.4. The summed E-state index contributed by atoms with van der Waals surface area (Å²) in [6.45, 7) is 5.37. The van der Waals surface area contributed by atoms with Crippen LogP contribution < -0.4 is 20.3 Å². The minimum absolute atomic E-state index is 0.00644. The van der Waals surface area contributed by atoms with Crippen molar-refractivity contribution < 1.29 is 32.2 Å². The van der Waals surface area contributed by atoms with Crippen molar-refractivity contribution in [1.29, 1.82) is 0 Å². The summed E-state index contributed by atoms with van der Waals surface area (Å²) in [6, 6.07) is 8.47. The average Bonchev–Trinajstić information content (AvgIpc) is 3.37. The molecule has 1 aromatic heterocycles. The number of ether oxygens (including phenoxy) is 3. The van der Waals surface area contributed by atoms with Crippen LogP contribution in [0.4, 0.5) is 18.9 Å². The van der Waals surface area contributed by atoms with Gasteiger partial charge in [-0.05, 0) is 75.9 Å². The number of alkyl halides is 3. The maximum absolute atomic E-state index is 14.2. The lowest BCUT2D eigenvalue weighted by molar-refractivity contribution is -0.154. The van der Waals surface area contributed by atoms with Crippen molar-refractivity contribution in [1.82, 2.24) is 9.78 Å². The molecule has 0 fully saturated rings. The summed E-state index contributed by atoms with van der Waals surface area (Å²) >= 11 is 0. The number of benzene rings is 2. The number of fused-ring (bicyclic) bond motifs is 1. The lowest BCUT2D eigenvalue weighted by Crippen LogP contribution is -2.28. The second-order valence-electron chi connectivity index (χ2n) is 10.5. The Morgan fingerprint density at radius 1 is 1.00 bits per heavy atom. The third-order valence-corrected chi connectivity index (χ3v) is 6.39. The van der Waals surface area contributed by atoms with E-state index in [0.29, 0.717) is 58.8 Å². The summed E-state index contributed by atoms with van der Waals surface area (Å²) in [5.41, 5.74) is -0.280. The molecule has 0 unspecified atom stereocenters. The van der Waals surface area contributed by atoms with Gasteiger partial charge in [-0.3, -0.25) is 9.59 Å². The molecule has 1 N–H and O–H groups in total. The minimum Gasteiger partial charge on any atom is -0.497 e. The van der Waals surface area contributed by atoms with Crippen LogP contribution in [-0.4, -0.2) is 42.1 Å². The van der Waals surface area contributed by atoms with E-state index in [2.05, 4.69) is 10.4 Å². The first-order valence-electron chi connectivity index (χ1n) is 12.9. The third kappa shape index (κ3) is 6.40. The van der Waals surface area contributed by atoms with E-state index in [0.717, 1.165) is 10.7 Å². The first-order chi connectivity index (χ1) is 18.8. The molecule has 0 saturated carbocycles.